The second kappa shape index (κ2) is 4.79. The summed E-state index contributed by atoms with van der Waals surface area (Å²) in [6.45, 7) is 5.77. The predicted molar refractivity (Wildman–Crippen MR) is 77.4 cm³/mol. The molecule has 2 aliphatic rings. The van der Waals surface area contributed by atoms with Crippen LogP contribution in [0.3, 0.4) is 0 Å². The van der Waals surface area contributed by atoms with E-state index < -0.39 is 10.0 Å². The first kappa shape index (κ1) is 13.5. The topological polar surface area (TPSA) is 61.4 Å². The zero-order valence-corrected chi connectivity index (χ0v) is 12.1. The van der Waals surface area contributed by atoms with Crippen molar-refractivity contribution in [3.8, 4) is 0 Å². The summed E-state index contributed by atoms with van der Waals surface area (Å²) in [6, 6.07) is 8.63. The molecule has 0 unspecified atom stereocenters. The molecule has 6 heteroatoms. The summed E-state index contributed by atoms with van der Waals surface area (Å²) in [5.74, 6) is 0.837. The molecule has 1 aromatic carbocycles. The molecule has 108 valence electrons. The fourth-order valence-corrected chi connectivity index (χ4v) is 4.34. The number of benzene rings is 1. The van der Waals surface area contributed by atoms with Crippen LogP contribution in [0.1, 0.15) is 12.8 Å². The van der Waals surface area contributed by atoms with Gasteiger partial charge in [-0.3, -0.25) is 0 Å². The maximum atomic E-state index is 12.5. The van der Waals surface area contributed by atoms with Crippen LogP contribution >= 0.6 is 0 Å². The molecule has 0 amide bonds. The van der Waals surface area contributed by atoms with Crippen molar-refractivity contribution in [1.29, 1.82) is 0 Å². The third-order valence-electron chi connectivity index (χ3n) is 4.12. The Morgan fingerprint density at radius 2 is 1.80 bits per heavy atom. The molecule has 2 saturated heterocycles. The van der Waals surface area contributed by atoms with Gasteiger partial charge in [0.25, 0.3) is 0 Å². The lowest BCUT2D eigenvalue weighted by Crippen LogP contribution is -2.52. The SMILES string of the molecule is C=C1NCC2(CCN(S(=O)(=O)c3ccccc3)CC2)N1. The van der Waals surface area contributed by atoms with Crippen LogP contribution in [0, 0.1) is 0 Å². The van der Waals surface area contributed by atoms with Gasteiger partial charge in [-0.1, -0.05) is 24.8 Å². The first-order valence-electron chi connectivity index (χ1n) is 6.78. The van der Waals surface area contributed by atoms with Crippen molar-refractivity contribution in [3.05, 3.63) is 42.7 Å². The Hall–Kier alpha value is -1.53. The highest BCUT2D eigenvalue weighted by atomic mass is 32.2. The lowest BCUT2D eigenvalue weighted by molar-refractivity contribution is 0.228. The van der Waals surface area contributed by atoms with Crippen molar-refractivity contribution in [3.63, 3.8) is 0 Å². The van der Waals surface area contributed by atoms with E-state index in [-0.39, 0.29) is 5.54 Å². The van der Waals surface area contributed by atoms with E-state index in [1.807, 2.05) is 6.07 Å². The number of nitrogens with zero attached hydrogens (tertiary/aromatic N) is 1. The van der Waals surface area contributed by atoms with E-state index in [1.54, 1.807) is 28.6 Å². The van der Waals surface area contributed by atoms with Crippen LogP contribution < -0.4 is 10.6 Å². The van der Waals surface area contributed by atoms with E-state index in [4.69, 9.17) is 0 Å². The van der Waals surface area contributed by atoms with Gasteiger partial charge in [-0.15, -0.1) is 0 Å². The number of hydrogen-bond donors (Lipinski definition) is 2. The second-order valence-electron chi connectivity index (χ2n) is 5.45. The summed E-state index contributed by atoms with van der Waals surface area (Å²) in [5, 5.41) is 6.55. The van der Waals surface area contributed by atoms with Gasteiger partial charge in [0.05, 0.1) is 16.3 Å². The number of hydrogen-bond acceptors (Lipinski definition) is 4. The summed E-state index contributed by atoms with van der Waals surface area (Å²) < 4.78 is 26.6. The van der Waals surface area contributed by atoms with Crippen molar-refractivity contribution in [2.75, 3.05) is 19.6 Å². The molecule has 3 rings (SSSR count). The van der Waals surface area contributed by atoms with Gasteiger partial charge in [0.1, 0.15) is 0 Å². The van der Waals surface area contributed by atoms with Crippen molar-refractivity contribution in [1.82, 2.24) is 14.9 Å². The molecule has 2 heterocycles. The Morgan fingerprint density at radius 1 is 1.15 bits per heavy atom. The van der Waals surface area contributed by atoms with Crippen molar-refractivity contribution < 1.29 is 8.42 Å². The van der Waals surface area contributed by atoms with Crippen LogP contribution in [0.2, 0.25) is 0 Å². The molecule has 2 N–H and O–H groups in total. The van der Waals surface area contributed by atoms with Crippen LogP contribution in [0.5, 0.6) is 0 Å². The van der Waals surface area contributed by atoms with Crippen LogP contribution in [0.15, 0.2) is 47.6 Å². The minimum absolute atomic E-state index is 0.0280. The van der Waals surface area contributed by atoms with Gasteiger partial charge < -0.3 is 10.6 Å². The third kappa shape index (κ3) is 2.29. The van der Waals surface area contributed by atoms with Crippen LogP contribution in [-0.2, 0) is 10.0 Å². The Kier molecular flexibility index (Phi) is 3.22. The monoisotopic (exact) mass is 293 g/mol. The van der Waals surface area contributed by atoms with Gasteiger partial charge in [0, 0.05) is 19.6 Å². The average molecular weight is 293 g/mol. The van der Waals surface area contributed by atoms with E-state index in [2.05, 4.69) is 17.2 Å². The van der Waals surface area contributed by atoms with Crippen LogP contribution in [-0.4, -0.2) is 37.9 Å². The largest absolute Gasteiger partial charge is 0.370 e. The lowest BCUT2D eigenvalue weighted by atomic mass is 9.89. The quantitative estimate of drug-likeness (QED) is 0.849. The molecular weight excluding hydrogens is 274 g/mol. The molecule has 5 nitrogen and oxygen atoms in total. The number of sulfonamides is 1. The molecule has 0 bridgehead atoms. The third-order valence-corrected chi connectivity index (χ3v) is 6.03. The molecule has 0 atom stereocenters. The molecule has 1 spiro atoms. The predicted octanol–water partition coefficient (Wildman–Crippen LogP) is 0.874. The van der Waals surface area contributed by atoms with E-state index in [9.17, 15) is 8.42 Å². The van der Waals surface area contributed by atoms with Gasteiger partial charge in [-0.05, 0) is 25.0 Å². The zero-order valence-electron chi connectivity index (χ0n) is 11.3. The first-order chi connectivity index (χ1) is 9.52. The van der Waals surface area contributed by atoms with Gasteiger partial charge in [0.2, 0.25) is 10.0 Å². The normalized spacial score (nSPS) is 22.5. The fourth-order valence-electron chi connectivity index (χ4n) is 2.88. The number of piperidine rings is 1. The van der Waals surface area contributed by atoms with E-state index in [0.29, 0.717) is 18.0 Å². The summed E-state index contributed by atoms with van der Waals surface area (Å²) in [6.07, 6.45) is 1.59. The number of nitrogens with one attached hydrogen (secondary N) is 2. The average Bonchev–Trinajstić information content (AvgIpc) is 2.81. The standard InChI is InChI=1S/C14H19N3O2S/c1-12-15-11-14(16-12)7-9-17(10-8-14)20(18,19)13-5-3-2-4-6-13/h2-6,15-16H,1,7-11H2. The summed E-state index contributed by atoms with van der Waals surface area (Å²) >= 11 is 0. The zero-order chi connectivity index (χ0) is 14.2. The smallest absolute Gasteiger partial charge is 0.243 e. The summed E-state index contributed by atoms with van der Waals surface area (Å²) in [4.78, 5) is 0.373. The molecule has 0 aromatic heterocycles. The Balaban J connectivity index is 1.74. The molecule has 20 heavy (non-hydrogen) atoms. The minimum atomic E-state index is -3.36. The minimum Gasteiger partial charge on any atom is -0.370 e. The second-order valence-corrected chi connectivity index (χ2v) is 7.39. The Labute approximate surface area is 119 Å². The summed E-state index contributed by atoms with van der Waals surface area (Å²) in [7, 11) is -3.36. The molecule has 1 aromatic rings. The number of rotatable bonds is 2. The van der Waals surface area contributed by atoms with Gasteiger partial charge in [0.15, 0.2) is 0 Å². The summed E-state index contributed by atoms with van der Waals surface area (Å²) in [5.41, 5.74) is -0.0280. The van der Waals surface area contributed by atoms with Crippen LogP contribution in [0.25, 0.3) is 0 Å². The highest BCUT2D eigenvalue weighted by Gasteiger charge is 2.41. The van der Waals surface area contributed by atoms with Gasteiger partial charge in [-0.2, -0.15) is 4.31 Å². The molecule has 0 radical (unpaired) electrons. The molecule has 0 aliphatic carbocycles. The van der Waals surface area contributed by atoms with E-state index in [0.717, 1.165) is 25.2 Å². The Bertz CT molecular complexity index is 605. The first-order valence-corrected chi connectivity index (χ1v) is 8.22. The van der Waals surface area contributed by atoms with E-state index >= 15 is 0 Å². The Morgan fingerprint density at radius 3 is 2.35 bits per heavy atom. The van der Waals surface area contributed by atoms with Crippen molar-refractivity contribution in [2.45, 2.75) is 23.3 Å². The van der Waals surface area contributed by atoms with Crippen molar-refractivity contribution in [2.24, 2.45) is 0 Å². The van der Waals surface area contributed by atoms with Crippen molar-refractivity contribution >= 4 is 10.0 Å². The van der Waals surface area contributed by atoms with Gasteiger partial charge >= 0.3 is 0 Å². The molecule has 2 aliphatic heterocycles. The lowest BCUT2D eigenvalue weighted by Gasteiger charge is -2.38. The fraction of sp³-hybridized carbons (Fsp3) is 0.429. The maximum Gasteiger partial charge on any atom is 0.243 e. The van der Waals surface area contributed by atoms with Gasteiger partial charge in [-0.25, -0.2) is 8.42 Å². The highest BCUT2D eigenvalue weighted by molar-refractivity contribution is 7.89. The highest BCUT2D eigenvalue weighted by Crippen LogP contribution is 2.29. The van der Waals surface area contributed by atoms with E-state index in [1.165, 1.54) is 0 Å². The maximum absolute atomic E-state index is 12.5. The molecule has 2 fully saturated rings. The molecule has 0 saturated carbocycles. The van der Waals surface area contributed by atoms with Crippen LogP contribution in [0.4, 0.5) is 0 Å². The molecular formula is C14H19N3O2S.